The molecule has 0 bridgehead atoms. The van der Waals surface area contributed by atoms with E-state index in [1.165, 1.54) is 51.4 Å². The van der Waals surface area contributed by atoms with E-state index in [0.717, 1.165) is 12.8 Å². The molecule has 1 unspecified atom stereocenters. The van der Waals surface area contributed by atoms with Crippen LogP contribution in [0.2, 0.25) is 0 Å². The molecule has 0 saturated carbocycles. The molecule has 23 heavy (non-hydrogen) atoms. The molecule has 130 valence electrons. The molecule has 0 radical (unpaired) electrons. The van der Waals surface area contributed by atoms with E-state index in [0.29, 0.717) is 6.61 Å². The van der Waals surface area contributed by atoms with Gasteiger partial charge < -0.3 is 20.4 Å². The Morgan fingerprint density at radius 1 is 0.957 bits per heavy atom. The number of carbonyl (C=O) groups excluding carboxylic acids is 2. The summed E-state index contributed by atoms with van der Waals surface area (Å²) < 4.78 is 5.03. The maximum Gasteiger partial charge on any atom is 1.00 e. The second-order valence-corrected chi connectivity index (χ2v) is 5.87. The van der Waals surface area contributed by atoms with Gasteiger partial charge in [0.25, 0.3) is 0 Å². The first-order valence-corrected chi connectivity index (χ1v) is 8.70. The number of carbonyl (C=O) groups is 2. The summed E-state index contributed by atoms with van der Waals surface area (Å²) in [5, 5.41) is 10.3. The fourth-order valence-corrected chi connectivity index (χ4v) is 2.26. The molecule has 0 aromatic rings. The second-order valence-electron chi connectivity index (χ2n) is 5.87. The first-order valence-electron chi connectivity index (χ1n) is 8.70. The molecule has 0 aliphatic carbocycles. The molecule has 0 saturated heterocycles. The molecular formula is C17H32KNO4. The zero-order valence-electron chi connectivity index (χ0n) is 15.0. The van der Waals surface area contributed by atoms with E-state index in [2.05, 4.69) is 6.92 Å². The third kappa shape index (κ3) is 18.7. The van der Waals surface area contributed by atoms with Crippen molar-refractivity contribution in [2.24, 2.45) is 5.73 Å². The van der Waals surface area contributed by atoms with Gasteiger partial charge in [0.15, 0.2) is 0 Å². The van der Waals surface area contributed by atoms with Crippen LogP contribution in [0.5, 0.6) is 0 Å². The van der Waals surface area contributed by atoms with Crippen LogP contribution in [-0.2, 0) is 14.3 Å². The van der Waals surface area contributed by atoms with Crippen molar-refractivity contribution >= 4 is 11.9 Å². The van der Waals surface area contributed by atoms with Crippen LogP contribution in [0, 0.1) is 0 Å². The number of hydrogen-bond acceptors (Lipinski definition) is 5. The molecule has 0 heterocycles. The minimum absolute atomic E-state index is 0. The van der Waals surface area contributed by atoms with Crippen LogP contribution in [0.4, 0.5) is 0 Å². The van der Waals surface area contributed by atoms with Gasteiger partial charge in [-0.3, -0.25) is 4.79 Å². The van der Waals surface area contributed by atoms with E-state index >= 15 is 0 Å². The van der Waals surface area contributed by atoms with Gasteiger partial charge in [0, 0.05) is 5.97 Å². The molecule has 0 aromatic carbocycles. The number of hydrogen-bond donors (Lipinski definition) is 1. The number of unbranched alkanes of at least 4 members (excludes halogenated alkanes) is 9. The van der Waals surface area contributed by atoms with Crippen molar-refractivity contribution in [3.8, 4) is 0 Å². The minimum Gasteiger partial charge on any atom is -0.550 e. The summed E-state index contributed by atoms with van der Waals surface area (Å²) in [6, 6.07) is -0.860. The van der Waals surface area contributed by atoms with Crippen molar-refractivity contribution < 1.29 is 70.8 Å². The second kappa shape index (κ2) is 18.9. The van der Waals surface area contributed by atoms with Crippen molar-refractivity contribution in [2.75, 3.05) is 6.61 Å². The summed E-state index contributed by atoms with van der Waals surface area (Å²) in [6.07, 6.45) is 12.1. The Bertz CT molecular complexity index is 300. The van der Waals surface area contributed by atoms with E-state index in [1.807, 2.05) is 0 Å². The van der Waals surface area contributed by atoms with Gasteiger partial charge in [-0.25, -0.2) is 0 Å². The number of carboxylic acid groups (broad SMARTS) is 1. The summed E-state index contributed by atoms with van der Waals surface area (Å²) in [7, 11) is 0. The van der Waals surface area contributed by atoms with Crippen molar-refractivity contribution in [3.05, 3.63) is 0 Å². The van der Waals surface area contributed by atoms with Crippen molar-refractivity contribution in [1.29, 1.82) is 0 Å². The van der Waals surface area contributed by atoms with Gasteiger partial charge in [-0.05, 0) is 19.3 Å². The first kappa shape index (κ1) is 25.8. The van der Waals surface area contributed by atoms with Crippen molar-refractivity contribution in [3.63, 3.8) is 0 Å². The Kier molecular flexibility index (Phi) is 21.1. The molecule has 0 spiro atoms. The molecular weight excluding hydrogens is 321 g/mol. The van der Waals surface area contributed by atoms with Crippen LogP contribution in [0.25, 0.3) is 0 Å². The van der Waals surface area contributed by atoms with Gasteiger partial charge in [-0.15, -0.1) is 0 Å². The normalized spacial score (nSPS) is 11.6. The molecule has 0 rings (SSSR count). The van der Waals surface area contributed by atoms with Crippen LogP contribution in [0.3, 0.4) is 0 Å². The average molecular weight is 354 g/mol. The molecule has 1 atom stereocenters. The molecule has 0 aliphatic heterocycles. The number of esters is 1. The predicted molar refractivity (Wildman–Crippen MR) is 85.0 cm³/mol. The van der Waals surface area contributed by atoms with Crippen LogP contribution in [-0.4, -0.2) is 24.6 Å². The van der Waals surface area contributed by atoms with Gasteiger partial charge in [0.05, 0.1) is 6.61 Å². The Morgan fingerprint density at radius 3 is 1.91 bits per heavy atom. The molecule has 0 fully saturated rings. The third-order valence-electron chi connectivity index (χ3n) is 3.70. The maximum atomic E-state index is 11.5. The largest absolute Gasteiger partial charge is 1.00 e. The van der Waals surface area contributed by atoms with Crippen LogP contribution >= 0.6 is 0 Å². The fourth-order valence-electron chi connectivity index (χ4n) is 2.26. The maximum absolute atomic E-state index is 11.5. The summed E-state index contributed by atoms with van der Waals surface area (Å²) in [6.45, 7) is 2.59. The quantitative estimate of drug-likeness (QED) is 0.239. The third-order valence-corrected chi connectivity index (χ3v) is 3.70. The molecule has 0 aliphatic rings. The summed E-state index contributed by atoms with van der Waals surface area (Å²) in [5.41, 5.74) is 5.53. The standard InChI is InChI=1S/C17H33NO4.K/c1-2-3-4-5-6-7-8-9-10-11-14-22-17(21)15(18)12-13-16(19)20;/h15H,2-14,18H2,1H3,(H,19,20);/q;+1/p-1. The number of aliphatic carboxylic acids is 1. The molecule has 0 amide bonds. The first-order chi connectivity index (χ1) is 10.6. The molecule has 2 N–H and O–H groups in total. The average Bonchev–Trinajstić information content (AvgIpc) is 2.49. The topological polar surface area (TPSA) is 92.5 Å². The van der Waals surface area contributed by atoms with Gasteiger partial charge in [0.2, 0.25) is 0 Å². The van der Waals surface area contributed by atoms with Crippen LogP contribution < -0.4 is 62.2 Å². The number of nitrogens with two attached hydrogens (primary N) is 1. The number of rotatable bonds is 15. The number of ether oxygens (including phenoxy) is 1. The minimum atomic E-state index is -1.20. The summed E-state index contributed by atoms with van der Waals surface area (Å²) in [5.74, 6) is -1.71. The smallest absolute Gasteiger partial charge is 0.550 e. The van der Waals surface area contributed by atoms with Gasteiger partial charge >= 0.3 is 57.4 Å². The van der Waals surface area contributed by atoms with E-state index < -0.39 is 18.0 Å². The van der Waals surface area contributed by atoms with Gasteiger partial charge in [0.1, 0.15) is 6.04 Å². The van der Waals surface area contributed by atoms with E-state index in [1.54, 1.807) is 0 Å². The summed E-state index contributed by atoms with van der Waals surface area (Å²) >= 11 is 0. The van der Waals surface area contributed by atoms with Crippen LogP contribution in [0.1, 0.15) is 84.0 Å². The molecule has 5 nitrogen and oxygen atoms in total. The zero-order valence-corrected chi connectivity index (χ0v) is 18.1. The molecule has 0 aromatic heterocycles. The van der Waals surface area contributed by atoms with E-state index in [4.69, 9.17) is 10.5 Å². The zero-order chi connectivity index (χ0) is 16.6. The SMILES string of the molecule is CCCCCCCCCCCCOC(=O)C(N)CCC(=O)[O-].[K+]. The van der Waals surface area contributed by atoms with E-state index in [9.17, 15) is 14.7 Å². The fraction of sp³-hybridized carbons (Fsp3) is 0.882. The Labute approximate surface area is 183 Å². The number of carboxylic acids is 1. The van der Waals surface area contributed by atoms with Crippen molar-refractivity contribution in [2.45, 2.75) is 90.0 Å². The Hall–Kier alpha value is 0.536. The van der Waals surface area contributed by atoms with E-state index in [-0.39, 0.29) is 64.2 Å². The Morgan fingerprint density at radius 2 is 1.43 bits per heavy atom. The van der Waals surface area contributed by atoms with Crippen molar-refractivity contribution in [1.82, 2.24) is 0 Å². The van der Waals surface area contributed by atoms with Crippen LogP contribution in [0.15, 0.2) is 0 Å². The molecule has 6 heteroatoms. The predicted octanol–water partition coefficient (Wildman–Crippen LogP) is -0.688. The monoisotopic (exact) mass is 353 g/mol. The Balaban J connectivity index is 0. The van der Waals surface area contributed by atoms with Gasteiger partial charge in [-0.1, -0.05) is 64.7 Å². The van der Waals surface area contributed by atoms with Gasteiger partial charge in [-0.2, -0.15) is 0 Å². The summed E-state index contributed by atoms with van der Waals surface area (Å²) in [4.78, 5) is 21.7.